The van der Waals surface area contributed by atoms with Crippen LogP contribution in [0.3, 0.4) is 0 Å². The van der Waals surface area contributed by atoms with E-state index in [1.807, 2.05) is 0 Å². The summed E-state index contributed by atoms with van der Waals surface area (Å²) in [5, 5.41) is 12.3. The molecule has 1 aromatic rings. The first-order valence-electron chi connectivity index (χ1n) is 4.06. The molecule has 1 N–H and O–H groups in total. The molecular formula is C10H8NO4. The molecular weight excluding hydrogens is 198 g/mol. The molecule has 77 valence electrons. The molecule has 0 spiro atoms. The lowest BCUT2D eigenvalue weighted by Crippen LogP contribution is -2.04. The number of nitrogens with zero attached hydrogens (tertiary/aromatic N) is 1. The molecule has 15 heavy (non-hydrogen) atoms. The first-order valence-corrected chi connectivity index (χ1v) is 4.06. The zero-order valence-corrected chi connectivity index (χ0v) is 7.93. The van der Waals surface area contributed by atoms with E-state index in [4.69, 9.17) is 5.11 Å². The Labute approximate surface area is 86.0 Å². The predicted octanol–water partition coefficient (Wildman–Crippen LogP) is 0.769. The van der Waals surface area contributed by atoms with Gasteiger partial charge in [0.2, 0.25) is 0 Å². The van der Waals surface area contributed by atoms with Crippen LogP contribution in [0.1, 0.15) is 12.5 Å². The molecule has 1 radical (unpaired) electrons. The van der Waals surface area contributed by atoms with Crippen LogP contribution in [0.4, 0.5) is 0 Å². The topological polar surface area (TPSA) is 76.0 Å². The second-order valence-electron chi connectivity index (χ2n) is 2.67. The first-order chi connectivity index (χ1) is 7.13. The van der Waals surface area contributed by atoms with Crippen LogP contribution in [0.25, 0.3) is 0 Å². The number of oxime groups is 1. The van der Waals surface area contributed by atoms with Crippen molar-refractivity contribution in [3.63, 3.8) is 0 Å². The molecule has 0 amide bonds. The highest BCUT2D eigenvalue weighted by molar-refractivity contribution is 6.36. The van der Waals surface area contributed by atoms with E-state index < -0.39 is 5.97 Å². The van der Waals surface area contributed by atoms with Gasteiger partial charge >= 0.3 is 5.97 Å². The molecule has 1 rings (SSSR count). The van der Waals surface area contributed by atoms with Gasteiger partial charge in [-0.25, -0.2) is 4.79 Å². The summed E-state index contributed by atoms with van der Waals surface area (Å²) >= 11 is 0. The van der Waals surface area contributed by atoms with E-state index in [1.54, 1.807) is 0 Å². The molecule has 5 heteroatoms. The summed E-state index contributed by atoms with van der Waals surface area (Å²) in [6, 6.07) is 5.69. The van der Waals surface area contributed by atoms with Gasteiger partial charge in [0, 0.05) is 12.5 Å². The highest BCUT2D eigenvalue weighted by atomic mass is 16.7. The van der Waals surface area contributed by atoms with Crippen molar-refractivity contribution in [3.8, 4) is 5.75 Å². The lowest BCUT2D eigenvalue weighted by Gasteiger charge is -1.98. The summed E-state index contributed by atoms with van der Waals surface area (Å²) in [5.74, 6) is -0.557. The van der Waals surface area contributed by atoms with Crippen molar-refractivity contribution in [2.75, 3.05) is 0 Å². The summed E-state index contributed by atoms with van der Waals surface area (Å²) in [6.07, 6.45) is 1.53. The molecule has 0 aliphatic rings. The standard InChI is InChI=1S/C10H8NO4/c1-7(13)15-11-10(6-12)8-2-4-9(14)5-3-8/h2-5,14H,1H3/b11-10+. The Hall–Kier alpha value is -2.17. The van der Waals surface area contributed by atoms with E-state index in [0.717, 1.165) is 0 Å². The second-order valence-corrected chi connectivity index (χ2v) is 2.67. The van der Waals surface area contributed by atoms with E-state index in [0.29, 0.717) is 5.56 Å². The fraction of sp³-hybridized carbons (Fsp3) is 0.100. The number of carbonyl (C=O) groups is 1. The quantitative estimate of drug-likeness (QED) is 0.450. The Kier molecular flexibility index (Phi) is 3.56. The molecule has 0 aliphatic heterocycles. The van der Waals surface area contributed by atoms with E-state index in [9.17, 15) is 9.59 Å². The van der Waals surface area contributed by atoms with Crippen LogP contribution in [-0.4, -0.2) is 23.1 Å². The number of benzene rings is 1. The average Bonchev–Trinajstić information content (AvgIpc) is 2.21. The highest BCUT2D eigenvalue weighted by Gasteiger charge is 2.04. The minimum atomic E-state index is -0.624. The normalized spacial score (nSPS) is 10.9. The average molecular weight is 206 g/mol. The largest absolute Gasteiger partial charge is 0.508 e. The van der Waals surface area contributed by atoms with Gasteiger partial charge in [-0.3, -0.25) is 4.79 Å². The van der Waals surface area contributed by atoms with Crippen molar-refractivity contribution in [3.05, 3.63) is 29.8 Å². The van der Waals surface area contributed by atoms with Gasteiger partial charge in [0.05, 0.1) is 0 Å². The van der Waals surface area contributed by atoms with Gasteiger partial charge in [-0.05, 0) is 24.3 Å². The fourth-order valence-electron chi connectivity index (χ4n) is 0.859. The van der Waals surface area contributed by atoms with Crippen LogP contribution in [0, 0.1) is 0 Å². The van der Waals surface area contributed by atoms with E-state index >= 15 is 0 Å². The molecule has 0 heterocycles. The Morgan fingerprint density at radius 3 is 2.47 bits per heavy atom. The van der Waals surface area contributed by atoms with Gasteiger partial charge in [-0.1, -0.05) is 5.16 Å². The minimum Gasteiger partial charge on any atom is -0.508 e. The number of rotatable bonds is 3. The van der Waals surface area contributed by atoms with E-state index in [1.165, 1.54) is 37.5 Å². The van der Waals surface area contributed by atoms with Gasteiger partial charge in [-0.2, -0.15) is 0 Å². The smallest absolute Gasteiger partial charge is 0.332 e. The molecule has 5 nitrogen and oxygen atoms in total. The first kappa shape index (κ1) is 10.9. The summed E-state index contributed by atoms with van der Waals surface area (Å²) in [6.45, 7) is 1.17. The lowest BCUT2D eigenvalue weighted by atomic mass is 10.1. The lowest BCUT2D eigenvalue weighted by molar-refractivity contribution is -0.140. The minimum absolute atomic E-state index is 0.0662. The van der Waals surface area contributed by atoms with Crippen molar-refractivity contribution < 1.29 is 19.5 Å². The number of phenolic OH excluding ortho intramolecular Hbond substituents is 1. The Morgan fingerprint density at radius 2 is 2.00 bits per heavy atom. The third-order valence-corrected chi connectivity index (χ3v) is 1.50. The zero-order valence-electron chi connectivity index (χ0n) is 7.93. The number of phenols is 1. The number of carbonyl (C=O) groups excluding carboxylic acids is 2. The van der Waals surface area contributed by atoms with Crippen LogP contribution >= 0.6 is 0 Å². The number of hydrogen-bond donors (Lipinski definition) is 1. The zero-order chi connectivity index (χ0) is 11.3. The van der Waals surface area contributed by atoms with Crippen molar-refractivity contribution in [1.82, 2.24) is 0 Å². The fourth-order valence-corrected chi connectivity index (χ4v) is 0.859. The summed E-state index contributed by atoms with van der Waals surface area (Å²) in [7, 11) is 0. The Bertz CT molecular complexity index is 394. The van der Waals surface area contributed by atoms with E-state index in [-0.39, 0.29) is 11.5 Å². The second kappa shape index (κ2) is 4.90. The van der Waals surface area contributed by atoms with Crippen molar-refractivity contribution in [2.45, 2.75) is 6.92 Å². The van der Waals surface area contributed by atoms with Gasteiger partial charge in [0.15, 0.2) is 5.71 Å². The maximum Gasteiger partial charge on any atom is 0.332 e. The Balaban J connectivity index is 2.92. The predicted molar refractivity (Wildman–Crippen MR) is 52.1 cm³/mol. The third kappa shape index (κ3) is 3.22. The molecule has 0 fully saturated rings. The van der Waals surface area contributed by atoms with Gasteiger partial charge in [-0.15, -0.1) is 0 Å². The Morgan fingerprint density at radius 1 is 1.40 bits per heavy atom. The van der Waals surface area contributed by atoms with E-state index in [2.05, 4.69) is 9.99 Å². The third-order valence-electron chi connectivity index (χ3n) is 1.50. The summed E-state index contributed by atoms with van der Waals surface area (Å²) < 4.78 is 0. The molecule has 0 saturated heterocycles. The van der Waals surface area contributed by atoms with Crippen molar-refractivity contribution in [1.29, 1.82) is 0 Å². The van der Waals surface area contributed by atoms with Crippen molar-refractivity contribution >= 4 is 18.0 Å². The van der Waals surface area contributed by atoms with Crippen molar-refractivity contribution in [2.24, 2.45) is 5.16 Å². The molecule has 0 saturated carbocycles. The van der Waals surface area contributed by atoms with Crippen LogP contribution in [0.2, 0.25) is 0 Å². The summed E-state index contributed by atoms with van der Waals surface area (Å²) in [5.41, 5.74) is 0.272. The van der Waals surface area contributed by atoms with Crippen LogP contribution in [0.15, 0.2) is 29.4 Å². The van der Waals surface area contributed by atoms with Gasteiger partial charge in [0.25, 0.3) is 6.29 Å². The van der Waals surface area contributed by atoms with Crippen LogP contribution in [-0.2, 0) is 14.4 Å². The molecule has 0 unspecified atom stereocenters. The molecule has 0 aliphatic carbocycles. The maximum absolute atomic E-state index is 10.5. The summed E-state index contributed by atoms with van der Waals surface area (Å²) in [4.78, 5) is 25.2. The highest BCUT2D eigenvalue weighted by Crippen LogP contribution is 2.10. The van der Waals surface area contributed by atoms with Gasteiger partial charge in [0.1, 0.15) is 5.75 Å². The van der Waals surface area contributed by atoms with Crippen LogP contribution in [0.5, 0.6) is 5.75 Å². The molecule has 0 aromatic heterocycles. The molecule has 1 aromatic carbocycles. The van der Waals surface area contributed by atoms with Crippen LogP contribution < -0.4 is 0 Å². The maximum atomic E-state index is 10.5. The van der Waals surface area contributed by atoms with Gasteiger partial charge < -0.3 is 9.94 Å². The monoisotopic (exact) mass is 206 g/mol. The number of hydrogen-bond acceptors (Lipinski definition) is 5. The molecule has 0 atom stereocenters. The SMILES string of the molecule is CC(=O)O/N=C(\[C]=O)c1ccc(O)cc1. The number of aromatic hydroxyl groups is 1. The molecule has 0 bridgehead atoms.